The summed E-state index contributed by atoms with van der Waals surface area (Å²) in [5.74, 6) is -2.44. The third kappa shape index (κ3) is 6.04. The van der Waals surface area contributed by atoms with E-state index in [1.165, 1.54) is 19.2 Å². The van der Waals surface area contributed by atoms with Crippen LogP contribution in [0, 0.1) is 16.0 Å². The number of nitro benzene ring substituents is 1. The molecule has 0 aromatic heterocycles. The van der Waals surface area contributed by atoms with Crippen LogP contribution in [0.2, 0.25) is 0 Å². The number of hydrogen-bond acceptors (Lipinski definition) is 6. The standard InChI is InChI=1S/C16H21N3O7/c1-9(2)6-12(16(22)23)18-14(20)8-17-15(21)11-7-10(19(24)25)4-5-13(11)26-3/h4-5,7,9,12H,6,8H2,1-3H3,(H,17,21)(H,18,20)(H,22,23)/t12-/m0/s1. The molecule has 0 radical (unpaired) electrons. The second-order valence-corrected chi connectivity index (χ2v) is 5.91. The first kappa shape index (κ1) is 20.9. The van der Waals surface area contributed by atoms with E-state index in [0.717, 1.165) is 6.07 Å². The van der Waals surface area contributed by atoms with Crippen LogP contribution in [0.5, 0.6) is 5.75 Å². The maximum Gasteiger partial charge on any atom is 0.326 e. The molecule has 0 spiro atoms. The summed E-state index contributed by atoms with van der Waals surface area (Å²) in [6.07, 6.45) is 0.244. The largest absolute Gasteiger partial charge is 0.496 e. The highest BCUT2D eigenvalue weighted by molar-refractivity contribution is 5.99. The molecular weight excluding hydrogens is 346 g/mol. The number of carbonyl (C=O) groups excluding carboxylic acids is 2. The van der Waals surface area contributed by atoms with Gasteiger partial charge in [-0.15, -0.1) is 0 Å². The Hall–Kier alpha value is -3.17. The van der Waals surface area contributed by atoms with Crippen LogP contribution in [0.25, 0.3) is 0 Å². The van der Waals surface area contributed by atoms with Crippen LogP contribution in [0.3, 0.4) is 0 Å². The lowest BCUT2D eigenvalue weighted by Gasteiger charge is -2.16. The number of carboxylic acids is 1. The van der Waals surface area contributed by atoms with E-state index < -0.39 is 35.3 Å². The summed E-state index contributed by atoms with van der Waals surface area (Å²) in [6, 6.07) is 2.43. The quantitative estimate of drug-likeness (QED) is 0.434. The maximum atomic E-state index is 12.2. The van der Waals surface area contributed by atoms with Gasteiger partial charge in [-0.1, -0.05) is 13.8 Å². The number of nitro groups is 1. The number of ether oxygens (including phenoxy) is 1. The van der Waals surface area contributed by atoms with Gasteiger partial charge in [-0.25, -0.2) is 4.79 Å². The van der Waals surface area contributed by atoms with Gasteiger partial charge >= 0.3 is 5.97 Å². The van der Waals surface area contributed by atoms with Crippen molar-refractivity contribution >= 4 is 23.5 Å². The minimum atomic E-state index is -1.17. The molecule has 0 heterocycles. The van der Waals surface area contributed by atoms with Crippen LogP contribution >= 0.6 is 0 Å². The molecule has 0 aliphatic heterocycles. The molecule has 1 rings (SSSR count). The second-order valence-electron chi connectivity index (χ2n) is 5.91. The van der Waals surface area contributed by atoms with Crippen LogP contribution in [0.4, 0.5) is 5.69 Å². The molecule has 1 atom stereocenters. The van der Waals surface area contributed by atoms with Crippen LogP contribution in [0.15, 0.2) is 18.2 Å². The highest BCUT2D eigenvalue weighted by Gasteiger charge is 2.22. The molecule has 0 bridgehead atoms. The molecule has 1 aromatic carbocycles. The van der Waals surface area contributed by atoms with Crippen LogP contribution in [-0.4, -0.2) is 47.5 Å². The van der Waals surface area contributed by atoms with E-state index in [1.807, 2.05) is 13.8 Å². The van der Waals surface area contributed by atoms with Gasteiger partial charge in [0.15, 0.2) is 0 Å². The Balaban J connectivity index is 2.76. The molecule has 3 N–H and O–H groups in total. The summed E-state index contributed by atoms with van der Waals surface area (Å²) < 4.78 is 4.99. The molecule has 0 saturated carbocycles. The first-order chi connectivity index (χ1) is 12.1. The van der Waals surface area contributed by atoms with Crippen molar-refractivity contribution < 1.29 is 29.2 Å². The van der Waals surface area contributed by atoms with Crippen molar-refractivity contribution in [2.45, 2.75) is 26.3 Å². The average Bonchev–Trinajstić information content (AvgIpc) is 2.57. The smallest absolute Gasteiger partial charge is 0.326 e. The van der Waals surface area contributed by atoms with Crippen molar-refractivity contribution in [2.75, 3.05) is 13.7 Å². The van der Waals surface area contributed by atoms with Crippen LogP contribution < -0.4 is 15.4 Å². The topological polar surface area (TPSA) is 148 Å². The highest BCUT2D eigenvalue weighted by atomic mass is 16.6. The predicted molar refractivity (Wildman–Crippen MR) is 91.0 cm³/mol. The Morgan fingerprint density at radius 1 is 1.31 bits per heavy atom. The number of hydrogen-bond donors (Lipinski definition) is 3. The van der Waals surface area contributed by atoms with E-state index in [9.17, 15) is 24.5 Å². The number of nitrogens with zero attached hydrogens (tertiary/aromatic N) is 1. The van der Waals surface area contributed by atoms with Gasteiger partial charge in [0.2, 0.25) is 5.91 Å². The van der Waals surface area contributed by atoms with E-state index in [4.69, 9.17) is 9.84 Å². The van der Waals surface area contributed by atoms with Gasteiger partial charge in [0.05, 0.1) is 24.1 Å². The third-order valence-electron chi connectivity index (χ3n) is 3.39. The molecule has 2 amide bonds. The molecule has 26 heavy (non-hydrogen) atoms. The molecule has 10 heteroatoms. The number of methoxy groups -OCH3 is 1. The van der Waals surface area contributed by atoms with Gasteiger partial charge in [-0.05, 0) is 18.4 Å². The lowest BCUT2D eigenvalue weighted by atomic mass is 10.0. The number of carbonyl (C=O) groups is 3. The Morgan fingerprint density at radius 3 is 2.46 bits per heavy atom. The summed E-state index contributed by atoms with van der Waals surface area (Å²) in [6.45, 7) is 3.16. The third-order valence-corrected chi connectivity index (χ3v) is 3.39. The zero-order valence-electron chi connectivity index (χ0n) is 14.6. The number of non-ortho nitro benzene ring substituents is 1. The monoisotopic (exact) mass is 367 g/mol. The summed E-state index contributed by atoms with van der Waals surface area (Å²) in [5.41, 5.74) is -0.408. The second kappa shape index (κ2) is 9.35. The highest BCUT2D eigenvalue weighted by Crippen LogP contribution is 2.23. The molecule has 10 nitrogen and oxygen atoms in total. The summed E-state index contributed by atoms with van der Waals surface area (Å²) in [7, 11) is 1.30. The number of amides is 2. The minimum Gasteiger partial charge on any atom is -0.496 e. The Bertz CT molecular complexity index is 703. The van der Waals surface area contributed by atoms with Crippen molar-refractivity contribution in [1.29, 1.82) is 0 Å². The van der Waals surface area contributed by atoms with E-state index in [-0.39, 0.29) is 29.3 Å². The molecule has 0 saturated heterocycles. The van der Waals surface area contributed by atoms with Crippen LogP contribution in [0.1, 0.15) is 30.6 Å². The van der Waals surface area contributed by atoms with E-state index in [1.54, 1.807) is 0 Å². The molecule has 1 aromatic rings. The van der Waals surface area contributed by atoms with Gasteiger partial charge in [0, 0.05) is 12.1 Å². The summed E-state index contributed by atoms with van der Waals surface area (Å²) in [5, 5.41) is 24.5. The minimum absolute atomic E-state index is 0.0557. The average molecular weight is 367 g/mol. The fourth-order valence-electron chi connectivity index (χ4n) is 2.18. The molecule has 0 aliphatic carbocycles. The fourth-order valence-corrected chi connectivity index (χ4v) is 2.18. The van der Waals surface area contributed by atoms with Gasteiger partial charge in [-0.2, -0.15) is 0 Å². The van der Waals surface area contributed by atoms with Gasteiger partial charge in [-0.3, -0.25) is 19.7 Å². The Labute approximate surface area is 149 Å². The zero-order chi connectivity index (χ0) is 19.9. The molecule has 142 valence electrons. The number of carboxylic acid groups (broad SMARTS) is 1. The molecular formula is C16H21N3O7. The van der Waals surface area contributed by atoms with Crippen LogP contribution in [-0.2, 0) is 9.59 Å². The lowest BCUT2D eigenvalue weighted by molar-refractivity contribution is -0.384. The van der Waals surface area contributed by atoms with Gasteiger partial charge in [0.25, 0.3) is 11.6 Å². The van der Waals surface area contributed by atoms with Crippen molar-refractivity contribution in [1.82, 2.24) is 10.6 Å². The predicted octanol–water partition coefficient (Wildman–Crippen LogP) is 0.949. The first-order valence-electron chi connectivity index (χ1n) is 7.78. The number of benzene rings is 1. The Morgan fingerprint density at radius 2 is 1.96 bits per heavy atom. The van der Waals surface area contributed by atoms with Gasteiger partial charge < -0.3 is 20.5 Å². The molecule has 0 aliphatic rings. The Kier molecular flexibility index (Phi) is 7.51. The zero-order valence-corrected chi connectivity index (χ0v) is 14.6. The van der Waals surface area contributed by atoms with Crippen molar-refractivity contribution in [3.63, 3.8) is 0 Å². The SMILES string of the molecule is COc1ccc([N+](=O)[O-])cc1C(=O)NCC(=O)N[C@@H](CC(C)C)C(=O)O. The van der Waals surface area contributed by atoms with E-state index >= 15 is 0 Å². The van der Waals surface area contributed by atoms with Crippen molar-refractivity contribution in [2.24, 2.45) is 5.92 Å². The summed E-state index contributed by atoms with van der Waals surface area (Å²) >= 11 is 0. The van der Waals surface area contributed by atoms with Gasteiger partial charge in [0.1, 0.15) is 11.8 Å². The van der Waals surface area contributed by atoms with Crippen molar-refractivity contribution in [3.8, 4) is 5.75 Å². The summed E-state index contributed by atoms with van der Waals surface area (Å²) in [4.78, 5) is 45.4. The number of aliphatic carboxylic acids is 1. The number of nitrogens with one attached hydrogen (secondary N) is 2. The number of rotatable bonds is 9. The first-order valence-corrected chi connectivity index (χ1v) is 7.78. The lowest BCUT2D eigenvalue weighted by Crippen LogP contribution is -2.46. The van der Waals surface area contributed by atoms with E-state index in [2.05, 4.69) is 10.6 Å². The van der Waals surface area contributed by atoms with Crippen molar-refractivity contribution in [3.05, 3.63) is 33.9 Å². The fraction of sp³-hybridized carbons (Fsp3) is 0.438. The maximum absolute atomic E-state index is 12.2. The van der Waals surface area contributed by atoms with E-state index in [0.29, 0.717) is 0 Å². The normalized spacial score (nSPS) is 11.5. The molecule has 0 fully saturated rings. The molecule has 0 unspecified atom stereocenters.